The van der Waals surface area contributed by atoms with Crippen LogP contribution in [0.15, 0.2) is 72.4 Å². The van der Waals surface area contributed by atoms with Gasteiger partial charge in [-0.25, -0.2) is 9.78 Å². The number of ether oxygens (including phenoxy) is 2. The average Bonchev–Trinajstić information content (AvgIpc) is 3.66. The molecule has 18 heteroatoms. The molecule has 17 nitrogen and oxygen atoms in total. The highest BCUT2D eigenvalue weighted by Gasteiger charge is 2.50. The fourth-order valence-corrected chi connectivity index (χ4v) is 6.47. The molecule has 53 heavy (non-hydrogen) atoms. The Bertz CT molecular complexity index is 1990. The summed E-state index contributed by atoms with van der Waals surface area (Å²) in [6.45, 7) is 8.24. The number of benzene rings is 1. The molecule has 1 aliphatic heterocycles. The highest BCUT2D eigenvalue weighted by atomic mass is 31.1. The van der Waals surface area contributed by atoms with Gasteiger partial charge in [0.25, 0.3) is 5.91 Å². The van der Waals surface area contributed by atoms with Gasteiger partial charge in [-0.2, -0.15) is 4.98 Å². The van der Waals surface area contributed by atoms with Gasteiger partial charge in [0.15, 0.2) is 23.8 Å². The van der Waals surface area contributed by atoms with Crippen molar-refractivity contribution in [1.29, 1.82) is 0 Å². The zero-order valence-corrected chi connectivity index (χ0v) is 30.7. The Morgan fingerprint density at radius 2 is 1.94 bits per heavy atom. The molecule has 1 unspecified atom stereocenters. The van der Waals surface area contributed by atoms with Crippen molar-refractivity contribution in [1.82, 2.24) is 29.0 Å². The third-order valence-electron chi connectivity index (χ3n) is 8.76. The molecule has 5 rings (SSSR count). The zero-order valence-electron chi connectivity index (χ0n) is 29.8. The second-order valence-corrected chi connectivity index (χ2v) is 13.4. The largest absolute Gasteiger partial charge is 0.695 e. The molecule has 1 fully saturated rings. The number of rotatable bonds is 16. The summed E-state index contributed by atoms with van der Waals surface area (Å²) in [5.74, 6) is 1.11. The molecule has 4 heterocycles. The summed E-state index contributed by atoms with van der Waals surface area (Å²) in [4.78, 5) is 52.4. The summed E-state index contributed by atoms with van der Waals surface area (Å²) in [5, 5.41) is 20.3. The van der Waals surface area contributed by atoms with Gasteiger partial charge in [0.2, 0.25) is 0 Å². The van der Waals surface area contributed by atoms with E-state index in [1.54, 1.807) is 42.2 Å². The van der Waals surface area contributed by atoms with E-state index >= 15 is 0 Å². The SMILES string of the molecule is C=CN(C)c1nc(-c2ccccc2C(C)C)n(Cc2ccc(OC[C@H]3O[C@@H](n4ccc(N)nc4=O)[C@H](O)[C@@H]3O[P+](=O)O)cn2)c1C(=O)N(C)CCCO. The third kappa shape index (κ3) is 8.79. The van der Waals surface area contributed by atoms with Crippen LogP contribution in [0.25, 0.3) is 11.4 Å². The van der Waals surface area contributed by atoms with Gasteiger partial charge in [-0.1, -0.05) is 44.7 Å². The number of carbonyl (C=O) groups is 1. The van der Waals surface area contributed by atoms with Gasteiger partial charge in [-0.3, -0.25) is 14.3 Å². The van der Waals surface area contributed by atoms with Gasteiger partial charge in [0.1, 0.15) is 36.2 Å². The number of aromatic nitrogens is 5. The lowest BCUT2D eigenvalue weighted by Gasteiger charge is -2.21. The van der Waals surface area contributed by atoms with E-state index in [-0.39, 0.29) is 37.4 Å². The molecular weight excluding hydrogens is 707 g/mol. The van der Waals surface area contributed by atoms with E-state index in [9.17, 15) is 29.3 Å². The fourth-order valence-electron chi connectivity index (χ4n) is 6.01. The number of nitrogens with two attached hydrogens (primary N) is 1. The van der Waals surface area contributed by atoms with E-state index in [0.29, 0.717) is 41.7 Å². The molecule has 0 spiro atoms. The number of nitrogens with zero attached hydrogens (tertiary/aromatic N) is 7. The van der Waals surface area contributed by atoms with Crippen molar-refractivity contribution in [2.75, 3.05) is 44.5 Å². The Balaban J connectivity index is 1.44. The van der Waals surface area contributed by atoms with Gasteiger partial charge in [0.05, 0.1) is 18.4 Å². The molecule has 1 saturated heterocycles. The lowest BCUT2D eigenvalue weighted by Crippen LogP contribution is -2.37. The summed E-state index contributed by atoms with van der Waals surface area (Å²) >= 11 is 0. The Labute approximate surface area is 306 Å². The van der Waals surface area contributed by atoms with Crippen LogP contribution in [0.4, 0.5) is 11.6 Å². The number of hydrogen-bond acceptors (Lipinski definition) is 13. The van der Waals surface area contributed by atoms with E-state index in [1.165, 1.54) is 18.5 Å². The minimum atomic E-state index is -3.14. The second-order valence-electron chi connectivity index (χ2n) is 12.7. The van der Waals surface area contributed by atoms with E-state index in [0.717, 1.165) is 15.7 Å². The van der Waals surface area contributed by atoms with Crippen molar-refractivity contribution in [2.24, 2.45) is 0 Å². The molecule has 282 valence electrons. The van der Waals surface area contributed by atoms with Crippen LogP contribution in [0, 0.1) is 0 Å². The van der Waals surface area contributed by atoms with Gasteiger partial charge in [-0.05, 0) is 42.3 Å². The van der Waals surface area contributed by atoms with E-state index in [2.05, 4.69) is 30.4 Å². The first-order chi connectivity index (χ1) is 25.3. The molecule has 4 aromatic rings. The minimum absolute atomic E-state index is 0.0248. The van der Waals surface area contributed by atoms with Crippen molar-refractivity contribution >= 4 is 25.8 Å². The van der Waals surface area contributed by atoms with E-state index < -0.39 is 38.5 Å². The first kappa shape index (κ1) is 39.2. The van der Waals surface area contributed by atoms with Crippen molar-refractivity contribution < 1.29 is 38.5 Å². The molecule has 5 N–H and O–H groups in total. The minimum Gasteiger partial charge on any atom is -0.489 e. The molecule has 1 aromatic carbocycles. The number of hydrogen-bond donors (Lipinski definition) is 4. The van der Waals surface area contributed by atoms with Crippen LogP contribution in [-0.4, -0.2) is 102 Å². The van der Waals surface area contributed by atoms with Gasteiger partial charge >= 0.3 is 13.9 Å². The molecule has 0 aliphatic carbocycles. The van der Waals surface area contributed by atoms with Crippen LogP contribution < -0.4 is 21.1 Å². The Morgan fingerprint density at radius 1 is 1.19 bits per heavy atom. The standard InChI is InChI=1S/C35H43N8O9P/c1-6-40(4)32-28(33(46)41(5)15-9-17-44)43(31(39-32)25-11-8-7-10-24(25)21(2)3)19-22-12-13-23(18-37-22)50-20-26-30(52-53(48)49)29(45)34(51-26)42-16-14-27(36)38-35(42)47/h6-8,10-14,16,18,21,26,29-30,34,44-45H,1,9,15,17,19-20H2,2-5H3,(H2-,36,38,47,48,49)/p+1/t26-,29-,30-,34-/m1/s1. The molecule has 0 bridgehead atoms. The normalized spacial score (nSPS) is 18.6. The van der Waals surface area contributed by atoms with Crippen LogP contribution in [0.5, 0.6) is 5.75 Å². The number of amides is 1. The van der Waals surface area contributed by atoms with Crippen LogP contribution in [-0.2, 0) is 20.4 Å². The van der Waals surface area contributed by atoms with Crippen molar-refractivity contribution in [3.05, 3.63) is 95.1 Å². The predicted octanol–water partition coefficient (Wildman–Crippen LogP) is 2.66. The van der Waals surface area contributed by atoms with Crippen LogP contribution >= 0.6 is 8.25 Å². The van der Waals surface area contributed by atoms with Crippen molar-refractivity contribution in [3.63, 3.8) is 0 Å². The lowest BCUT2D eigenvalue weighted by atomic mass is 9.97. The number of carbonyl (C=O) groups excluding carboxylic acids is 1. The Morgan fingerprint density at radius 3 is 2.58 bits per heavy atom. The summed E-state index contributed by atoms with van der Waals surface area (Å²) in [5.41, 5.74) is 7.58. The molecule has 0 saturated carbocycles. The highest BCUT2D eigenvalue weighted by molar-refractivity contribution is 7.32. The van der Waals surface area contributed by atoms with Gasteiger partial charge < -0.3 is 39.8 Å². The molecule has 1 amide bonds. The number of aliphatic hydroxyl groups excluding tert-OH is 2. The average molecular weight is 752 g/mol. The topological polar surface area (TPSA) is 221 Å². The van der Waals surface area contributed by atoms with Gasteiger partial charge in [-0.15, -0.1) is 9.42 Å². The van der Waals surface area contributed by atoms with Crippen molar-refractivity contribution in [3.8, 4) is 17.1 Å². The molecule has 5 atom stereocenters. The Hall–Kier alpha value is -5.03. The summed E-state index contributed by atoms with van der Waals surface area (Å²) in [6, 6.07) is 12.6. The van der Waals surface area contributed by atoms with E-state index in [4.69, 9.17) is 24.7 Å². The molecule has 1 aliphatic rings. The fraction of sp³-hybridized carbons (Fsp3) is 0.400. The molecular formula is C35H44N8O9P+. The quantitative estimate of drug-likeness (QED) is 0.121. The predicted molar refractivity (Wildman–Crippen MR) is 195 cm³/mol. The third-order valence-corrected chi connectivity index (χ3v) is 9.18. The van der Waals surface area contributed by atoms with Crippen molar-refractivity contribution in [2.45, 2.75) is 57.3 Å². The summed E-state index contributed by atoms with van der Waals surface area (Å²) < 4.78 is 31.3. The maximum atomic E-state index is 14.1. The number of pyridine rings is 1. The highest BCUT2D eigenvalue weighted by Crippen LogP contribution is 2.37. The monoisotopic (exact) mass is 751 g/mol. The zero-order chi connectivity index (χ0) is 38.4. The molecule has 0 radical (unpaired) electrons. The number of nitrogen functional groups attached to an aromatic ring is 1. The number of aliphatic hydroxyl groups is 2. The van der Waals surface area contributed by atoms with E-state index in [1.807, 2.05) is 28.8 Å². The van der Waals surface area contributed by atoms with Gasteiger partial charge in [0, 0.05) is 43.6 Å². The Kier molecular flexibility index (Phi) is 12.7. The summed E-state index contributed by atoms with van der Waals surface area (Å²) in [7, 11) is 0.301. The van der Waals surface area contributed by atoms with Crippen LogP contribution in [0.2, 0.25) is 0 Å². The lowest BCUT2D eigenvalue weighted by molar-refractivity contribution is -0.0511. The second kappa shape index (κ2) is 17.2. The first-order valence-electron chi connectivity index (χ1n) is 16.8. The smallest absolute Gasteiger partial charge is 0.489 e. The molecule has 3 aromatic heterocycles. The van der Waals surface area contributed by atoms with Crippen LogP contribution in [0.1, 0.15) is 54.2 Å². The maximum Gasteiger partial charge on any atom is 0.695 e. The number of anilines is 2. The van der Waals surface area contributed by atoms with Crippen LogP contribution in [0.3, 0.4) is 0 Å². The summed E-state index contributed by atoms with van der Waals surface area (Å²) in [6.07, 6.45) is -0.466. The number of imidazole rings is 1. The maximum absolute atomic E-state index is 14.1. The first-order valence-corrected chi connectivity index (χ1v) is 18.0.